The van der Waals surface area contributed by atoms with E-state index < -0.39 is 0 Å². The van der Waals surface area contributed by atoms with Crippen LogP contribution in [0.15, 0.2) is 12.1 Å². The molecule has 2 aliphatic rings. The Morgan fingerprint density at radius 2 is 1.95 bits per heavy atom. The monoisotopic (exact) mass is 291 g/mol. The lowest BCUT2D eigenvalue weighted by Gasteiger charge is -2.24. The molecule has 4 heteroatoms. The van der Waals surface area contributed by atoms with Gasteiger partial charge < -0.3 is 9.47 Å². The average molecular weight is 292 g/mol. The van der Waals surface area contributed by atoms with E-state index in [0.29, 0.717) is 12.7 Å². The predicted molar refractivity (Wildman–Crippen MR) is 81.2 cm³/mol. The molecule has 0 bridgehead atoms. The van der Waals surface area contributed by atoms with Crippen LogP contribution in [-0.2, 0) is 6.42 Å². The van der Waals surface area contributed by atoms with Crippen molar-refractivity contribution in [1.82, 2.24) is 4.98 Å². The highest BCUT2D eigenvalue weighted by molar-refractivity contribution is 5.87. The largest absolute Gasteiger partial charge is 0.454 e. The van der Waals surface area contributed by atoms with Crippen LogP contribution in [0, 0.1) is 6.92 Å². The van der Waals surface area contributed by atoms with Gasteiger partial charge in [-0.1, -0.05) is 6.92 Å². The molecular weight excluding hydrogens is 274 g/mol. The fourth-order valence-electron chi connectivity index (χ4n) is 3.32. The molecule has 0 amide bonds. The Bertz CT molecular complexity index is 684. The van der Waals surface area contributed by atoms with Gasteiger partial charge in [-0.05, 0) is 49.3 Å². The molecule has 1 unspecified atom stereocenters. The summed E-state index contributed by atoms with van der Waals surface area (Å²) in [6, 6.07) is 4.10. The van der Waals surface area contributed by atoms with Gasteiger partial charge >= 0.3 is 0 Å². The smallest absolute Gasteiger partial charge is 0.231 e. The number of benzene rings is 1. The number of aryl methyl sites for hydroxylation is 1. The number of aromatic nitrogens is 1. The molecule has 0 saturated heterocycles. The topological polar surface area (TPSA) is 31.4 Å². The van der Waals surface area contributed by atoms with Crippen molar-refractivity contribution in [2.75, 3.05) is 6.79 Å². The van der Waals surface area contributed by atoms with Crippen molar-refractivity contribution in [3.05, 3.63) is 29.0 Å². The summed E-state index contributed by atoms with van der Waals surface area (Å²) in [7, 11) is 0. The van der Waals surface area contributed by atoms with Crippen LogP contribution < -0.4 is 9.47 Å². The number of nitrogens with zero attached hydrogens (tertiary/aromatic N) is 1. The number of pyridine rings is 1. The van der Waals surface area contributed by atoms with E-state index in [-0.39, 0.29) is 12.4 Å². The third-order valence-corrected chi connectivity index (χ3v) is 4.43. The van der Waals surface area contributed by atoms with Crippen molar-refractivity contribution in [2.24, 2.45) is 0 Å². The molecule has 0 N–H and O–H groups in total. The maximum Gasteiger partial charge on any atom is 0.231 e. The number of hydrogen-bond donors (Lipinski definition) is 0. The second-order valence-corrected chi connectivity index (χ2v) is 5.62. The number of rotatable bonds is 0. The molecule has 0 spiro atoms. The van der Waals surface area contributed by atoms with Crippen molar-refractivity contribution in [3.63, 3.8) is 0 Å². The van der Waals surface area contributed by atoms with Gasteiger partial charge in [0.25, 0.3) is 0 Å². The fraction of sp³-hybridized carbons (Fsp3) is 0.438. The lowest BCUT2D eigenvalue weighted by molar-refractivity contribution is 0.174. The highest BCUT2D eigenvalue weighted by Gasteiger charge is 2.23. The van der Waals surface area contributed by atoms with Crippen molar-refractivity contribution in [1.29, 1.82) is 0 Å². The normalized spacial score (nSPS) is 19.6. The second-order valence-electron chi connectivity index (χ2n) is 5.62. The minimum Gasteiger partial charge on any atom is -0.454 e. The first-order valence-electron chi connectivity index (χ1n) is 6.97. The standard InChI is InChI=1S/C16H17NO2.ClH/c1-9-4-3-5-11-10(2)12-6-14-15(19-8-18-14)7-13(12)17-16(9)11;/h6-7,9H,3-5,8H2,1-2H3;1H. The molecule has 2 heterocycles. The van der Waals surface area contributed by atoms with Crippen LogP contribution in [0.3, 0.4) is 0 Å². The maximum atomic E-state index is 5.48. The van der Waals surface area contributed by atoms with Crippen LogP contribution >= 0.6 is 12.4 Å². The molecule has 106 valence electrons. The molecule has 1 aliphatic carbocycles. The molecule has 3 nitrogen and oxygen atoms in total. The first-order valence-corrected chi connectivity index (χ1v) is 6.97. The Hall–Kier alpha value is -1.48. The minimum absolute atomic E-state index is 0. The summed E-state index contributed by atoms with van der Waals surface area (Å²) < 4.78 is 10.9. The molecule has 0 radical (unpaired) electrons. The van der Waals surface area contributed by atoms with Gasteiger partial charge in [0, 0.05) is 17.1 Å². The van der Waals surface area contributed by atoms with Gasteiger partial charge in [-0.25, -0.2) is 0 Å². The summed E-state index contributed by atoms with van der Waals surface area (Å²) in [5.74, 6) is 2.24. The molecule has 20 heavy (non-hydrogen) atoms. The summed E-state index contributed by atoms with van der Waals surface area (Å²) in [4.78, 5) is 4.90. The van der Waals surface area contributed by atoms with Gasteiger partial charge in [0.05, 0.1) is 5.52 Å². The summed E-state index contributed by atoms with van der Waals surface area (Å²) in [6.07, 6.45) is 3.67. The highest BCUT2D eigenvalue weighted by Crippen LogP contribution is 2.40. The van der Waals surface area contributed by atoms with Crippen LogP contribution in [0.5, 0.6) is 11.5 Å². The van der Waals surface area contributed by atoms with E-state index in [0.717, 1.165) is 23.4 Å². The van der Waals surface area contributed by atoms with Crippen LogP contribution in [0.2, 0.25) is 0 Å². The van der Waals surface area contributed by atoms with Gasteiger partial charge in [0.2, 0.25) is 6.79 Å². The molecule has 1 aromatic heterocycles. The SMILES string of the molecule is Cc1c2c(nc3cc4c(cc13)OCO4)C(C)CCC2.Cl. The van der Waals surface area contributed by atoms with Gasteiger partial charge in [0.1, 0.15) is 0 Å². The summed E-state index contributed by atoms with van der Waals surface area (Å²) >= 11 is 0. The lowest BCUT2D eigenvalue weighted by Crippen LogP contribution is -2.11. The van der Waals surface area contributed by atoms with Crippen LogP contribution in [-0.4, -0.2) is 11.8 Å². The molecule has 1 aliphatic heterocycles. The number of hydrogen-bond acceptors (Lipinski definition) is 3. The number of ether oxygens (including phenoxy) is 2. The number of halogens is 1. The van der Waals surface area contributed by atoms with E-state index in [9.17, 15) is 0 Å². The van der Waals surface area contributed by atoms with E-state index in [1.807, 2.05) is 6.07 Å². The quantitative estimate of drug-likeness (QED) is 0.731. The van der Waals surface area contributed by atoms with Gasteiger partial charge in [-0.15, -0.1) is 12.4 Å². The zero-order valence-electron chi connectivity index (χ0n) is 11.7. The van der Waals surface area contributed by atoms with E-state index in [1.54, 1.807) is 0 Å². The van der Waals surface area contributed by atoms with Crippen LogP contribution in [0.4, 0.5) is 0 Å². The van der Waals surface area contributed by atoms with E-state index in [1.165, 1.54) is 35.0 Å². The van der Waals surface area contributed by atoms with Crippen LogP contribution in [0.1, 0.15) is 42.5 Å². The second kappa shape index (κ2) is 4.81. The van der Waals surface area contributed by atoms with Crippen LogP contribution in [0.25, 0.3) is 10.9 Å². The van der Waals surface area contributed by atoms with E-state index in [4.69, 9.17) is 14.5 Å². The Balaban J connectivity index is 0.00000121. The predicted octanol–water partition coefficient (Wildman–Crippen LogP) is 4.13. The summed E-state index contributed by atoms with van der Waals surface area (Å²) in [5, 5.41) is 1.21. The Kier molecular flexibility index (Phi) is 3.25. The fourth-order valence-corrected chi connectivity index (χ4v) is 3.32. The Morgan fingerprint density at radius 3 is 2.75 bits per heavy atom. The third kappa shape index (κ3) is 1.84. The van der Waals surface area contributed by atoms with Gasteiger partial charge in [0.15, 0.2) is 11.5 Å². The Labute approximate surface area is 124 Å². The first kappa shape index (κ1) is 13.5. The average Bonchev–Trinajstić information content (AvgIpc) is 2.86. The van der Waals surface area contributed by atoms with Crippen molar-refractivity contribution in [2.45, 2.75) is 39.0 Å². The maximum absolute atomic E-state index is 5.48. The summed E-state index contributed by atoms with van der Waals surface area (Å²) in [6.45, 7) is 4.81. The molecule has 2 aromatic rings. The zero-order chi connectivity index (χ0) is 13.0. The van der Waals surface area contributed by atoms with Gasteiger partial charge in [-0.2, -0.15) is 0 Å². The minimum atomic E-state index is 0. The van der Waals surface area contributed by atoms with Crippen molar-refractivity contribution >= 4 is 23.3 Å². The summed E-state index contributed by atoms with van der Waals surface area (Å²) in [5.41, 5.74) is 5.14. The molecule has 4 rings (SSSR count). The van der Waals surface area contributed by atoms with E-state index >= 15 is 0 Å². The van der Waals surface area contributed by atoms with Gasteiger partial charge in [-0.3, -0.25) is 4.98 Å². The zero-order valence-corrected chi connectivity index (χ0v) is 12.5. The molecular formula is C16H18ClNO2. The Morgan fingerprint density at radius 1 is 1.20 bits per heavy atom. The molecule has 1 atom stereocenters. The van der Waals surface area contributed by atoms with Crippen molar-refractivity contribution in [3.8, 4) is 11.5 Å². The lowest BCUT2D eigenvalue weighted by atomic mass is 9.84. The molecule has 1 aromatic carbocycles. The third-order valence-electron chi connectivity index (χ3n) is 4.43. The van der Waals surface area contributed by atoms with Crippen molar-refractivity contribution < 1.29 is 9.47 Å². The first-order chi connectivity index (χ1) is 9.24. The molecule has 0 fully saturated rings. The molecule has 0 saturated carbocycles. The van der Waals surface area contributed by atoms with E-state index in [2.05, 4.69) is 19.9 Å². The highest BCUT2D eigenvalue weighted by atomic mass is 35.5. The number of fused-ring (bicyclic) bond motifs is 3.